The molecule has 7 nitrogen and oxygen atoms in total. The van der Waals surface area contributed by atoms with Crippen LogP contribution in [0.3, 0.4) is 0 Å². The van der Waals surface area contributed by atoms with Crippen molar-refractivity contribution in [1.82, 2.24) is 10.6 Å². The number of amides is 2. The first kappa shape index (κ1) is 20.4. The lowest BCUT2D eigenvalue weighted by molar-refractivity contribution is -0.387. The molecule has 2 rings (SSSR count). The molecule has 2 aromatic carbocycles. The molecule has 0 spiro atoms. The Balaban J connectivity index is 2.21. The van der Waals surface area contributed by atoms with Gasteiger partial charge in [0, 0.05) is 23.1 Å². The summed E-state index contributed by atoms with van der Waals surface area (Å²) in [6, 6.07) is 11.2. The topological polar surface area (TPSA) is 101 Å². The number of aryl methyl sites for hydroxylation is 1. The third kappa shape index (κ3) is 5.55. The van der Waals surface area contributed by atoms with Crippen LogP contribution in [0.1, 0.15) is 29.8 Å². The Morgan fingerprint density at radius 3 is 2.44 bits per heavy atom. The number of hydrogen-bond acceptors (Lipinski definition) is 5. The summed E-state index contributed by atoms with van der Waals surface area (Å²) in [5.74, 6) is -0.851. The van der Waals surface area contributed by atoms with Gasteiger partial charge in [0.1, 0.15) is 6.04 Å². The summed E-state index contributed by atoms with van der Waals surface area (Å²) in [5, 5.41) is 16.6. The molecule has 0 radical (unpaired) electrons. The Hall–Kier alpha value is -2.87. The lowest BCUT2D eigenvalue weighted by atomic mass is 10.1. The Morgan fingerprint density at radius 2 is 1.85 bits per heavy atom. The maximum atomic E-state index is 12.3. The van der Waals surface area contributed by atoms with Gasteiger partial charge in [0.2, 0.25) is 5.91 Å². The van der Waals surface area contributed by atoms with Gasteiger partial charge in [0.25, 0.3) is 11.6 Å². The van der Waals surface area contributed by atoms with E-state index in [0.717, 1.165) is 10.5 Å². The Kier molecular flexibility index (Phi) is 6.95. The molecule has 1 atom stereocenters. The number of rotatable bonds is 7. The first-order valence-electron chi connectivity index (χ1n) is 8.43. The smallest absolute Gasteiger partial charge is 0.284 e. The molecular weight excluding hydrogens is 366 g/mol. The maximum absolute atomic E-state index is 12.3. The fourth-order valence-electron chi connectivity index (χ4n) is 2.29. The van der Waals surface area contributed by atoms with Crippen LogP contribution in [0.25, 0.3) is 0 Å². The van der Waals surface area contributed by atoms with Gasteiger partial charge in [-0.05, 0) is 45.0 Å². The van der Waals surface area contributed by atoms with Gasteiger partial charge in [-0.15, -0.1) is 0 Å². The largest absolute Gasteiger partial charge is 0.355 e. The normalized spacial score (nSPS) is 11.5. The quantitative estimate of drug-likeness (QED) is 0.561. The first-order valence-corrected chi connectivity index (χ1v) is 9.25. The van der Waals surface area contributed by atoms with Gasteiger partial charge in [-0.25, -0.2) is 0 Å². The third-order valence-electron chi connectivity index (χ3n) is 3.76. The van der Waals surface area contributed by atoms with Crippen LogP contribution in [0, 0.1) is 17.0 Å². The van der Waals surface area contributed by atoms with E-state index in [0.29, 0.717) is 11.4 Å². The van der Waals surface area contributed by atoms with Crippen molar-refractivity contribution < 1.29 is 14.5 Å². The fraction of sp³-hybridized carbons (Fsp3) is 0.263. The molecule has 2 aromatic rings. The molecule has 0 aliphatic heterocycles. The first-order chi connectivity index (χ1) is 12.8. The average Bonchev–Trinajstić information content (AvgIpc) is 2.63. The molecule has 0 aliphatic rings. The molecule has 0 saturated carbocycles. The minimum absolute atomic E-state index is 0.131. The second-order valence-electron chi connectivity index (χ2n) is 5.94. The molecule has 2 N–H and O–H groups in total. The molecule has 8 heteroatoms. The van der Waals surface area contributed by atoms with Crippen molar-refractivity contribution in [3.05, 3.63) is 63.7 Å². The molecule has 0 aromatic heterocycles. The molecule has 0 bridgehead atoms. The van der Waals surface area contributed by atoms with E-state index in [1.54, 1.807) is 19.9 Å². The molecule has 2 amide bonds. The van der Waals surface area contributed by atoms with Crippen molar-refractivity contribution in [2.75, 3.05) is 6.54 Å². The number of hydrogen-bond donors (Lipinski definition) is 2. The average molecular weight is 387 g/mol. The van der Waals surface area contributed by atoms with Gasteiger partial charge in [0.05, 0.1) is 9.82 Å². The van der Waals surface area contributed by atoms with Crippen LogP contribution in [0.15, 0.2) is 52.3 Å². The number of nitro benzene ring substituents is 1. The highest BCUT2D eigenvalue weighted by Gasteiger charge is 2.21. The van der Waals surface area contributed by atoms with Gasteiger partial charge < -0.3 is 10.6 Å². The van der Waals surface area contributed by atoms with Crippen molar-refractivity contribution in [1.29, 1.82) is 0 Å². The van der Waals surface area contributed by atoms with E-state index in [1.165, 1.54) is 23.9 Å². The zero-order valence-corrected chi connectivity index (χ0v) is 16.1. The molecule has 0 aliphatic carbocycles. The molecule has 0 heterocycles. The summed E-state index contributed by atoms with van der Waals surface area (Å²) in [6.07, 6.45) is 0. The van der Waals surface area contributed by atoms with E-state index in [4.69, 9.17) is 0 Å². The second-order valence-corrected chi connectivity index (χ2v) is 7.06. The van der Waals surface area contributed by atoms with Gasteiger partial charge in [0.15, 0.2) is 0 Å². The highest BCUT2D eigenvalue weighted by molar-refractivity contribution is 7.99. The number of carbonyl (C=O) groups excluding carboxylic acids is 2. The van der Waals surface area contributed by atoms with Crippen LogP contribution in [0.5, 0.6) is 0 Å². The maximum Gasteiger partial charge on any atom is 0.284 e. The zero-order valence-electron chi connectivity index (χ0n) is 15.3. The van der Waals surface area contributed by atoms with Crippen LogP contribution in [0.4, 0.5) is 5.69 Å². The van der Waals surface area contributed by atoms with Gasteiger partial charge in [-0.2, -0.15) is 0 Å². The Morgan fingerprint density at radius 1 is 1.19 bits per heavy atom. The van der Waals surface area contributed by atoms with Crippen LogP contribution in [0.2, 0.25) is 0 Å². The van der Waals surface area contributed by atoms with Gasteiger partial charge in [-0.3, -0.25) is 19.7 Å². The number of likely N-dealkylation sites (N-methyl/N-ethyl adjacent to an activating group) is 1. The van der Waals surface area contributed by atoms with Crippen LogP contribution >= 0.6 is 11.8 Å². The molecule has 0 unspecified atom stereocenters. The molecule has 142 valence electrons. The van der Waals surface area contributed by atoms with E-state index >= 15 is 0 Å². The van der Waals surface area contributed by atoms with Gasteiger partial charge >= 0.3 is 0 Å². The molecular formula is C19H21N3O4S. The lowest BCUT2D eigenvalue weighted by Gasteiger charge is -2.13. The predicted octanol–water partition coefficient (Wildman–Crippen LogP) is 3.31. The Bertz CT molecular complexity index is 853. The lowest BCUT2D eigenvalue weighted by Crippen LogP contribution is -2.44. The number of carbonyl (C=O) groups is 2. The van der Waals surface area contributed by atoms with Gasteiger partial charge in [-0.1, -0.05) is 29.5 Å². The van der Waals surface area contributed by atoms with E-state index in [-0.39, 0.29) is 17.2 Å². The minimum atomic E-state index is -0.738. The van der Waals surface area contributed by atoms with Crippen molar-refractivity contribution >= 4 is 29.3 Å². The second kappa shape index (κ2) is 9.18. The number of benzene rings is 2. The standard InChI is InChI=1S/C19H21N3O4S/c1-4-20-18(23)13(3)21-19(24)14-7-10-17(16(11-14)22(25)26)27-15-8-5-12(2)6-9-15/h5-11,13H,4H2,1-3H3,(H,20,23)(H,21,24)/t13-/m0/s1. The van der Waals surface area contributed by atoms with E-state index in [1.807, 2.05) is 31.2 Å². The SMILES string of the molecule is CCNC(=O)[C@H](C)NC(=O)c1ccc(Sc2ccc(C)cc2)c([N+](=O)[O-])c1. The van der Waals surface area contributed by atoms with Crippen LogP contribution < -0.4 is 10.6 Å². The predicted molar refractivity (Wildman–Crippen MR) is 104 cm³/mol. The summed E-state index contributed by atoms with van der Waals surface area (Å²) >= 11 is 1.26. The molecule has 0 saturated heterocycles. The monoisotopic (exact) mass is 387 g/mol. The summed E-state index contributed by atoms with van der Waals surface area (Å²) in [4.78, 5) is 36.3. The number of nitrogens with one attached hydrogen (secondary N) is 2. The van der Waals surface area contributed by atoms with Crippen molar-refractivity contribution in [3.63, 3.8) is 0 Å². The Labute approximate surface area is 161 Å². The summed E-state index contributed by atoms with van der Waals surface area (Å²) in [7, 11) is 0. The van der Waals surface area contributed by atoms with Crippen molar-refractivity contribution in [3.8, 4) is 0 Å². The number of nitrogens with zero attached hydrogens (tertiary/aromatic N) is 1. The van der Waals surface area contributed by atoms with E-state index < -0.39 is 16.9 Å². The van der Waals surface area contributed by atoms with E-state index in [2.05, 4.69) is 10.6 Å². The van der Waals surface area contributed by atoms with Crippen molar-refractivity contribution in [2.24, 2.45) is 0 Å². The zero-order chi connectivity index (χ0) is 20.0. The van der Waals surface area contributed by atoms with Crippen LogP contribution in [-0.4, -0.2) is 29.3 Å². The minimum Gasteiger partial charge on any atom is -0.355 e. The highest BCUT2D eigenvalue weighted by Crippen LogP contribution is 2.35. The molecule has 27 heavy (non-hydrogen) atoms. The number of nitro groups is 1. The summed E-state index contributed by atoms with van der Waals surface area (Å²) < 4.78 is 0. The van der Waals surface area contributed by atoms with E-state index in [9.17, 15) is 19.7 Å². The van der Waals surface area contributed by atoms with Crippen molar-refractivity contribution in [2.45, 2.75) is 36.6 Å². The molecule has 0 fully saturated rings. The highest BCUT2D eigenvalue weighted by atomic mass is 32.2. The summed E-state index contributed by atoms with van der Waals surface area (Å²) in [5.41, 5.74) is 1.08. The third-order valence-corrected chi connectivity index (χ3v) is 4.83. The summed E-state index contributed by atoms with van der Waals surface area (Å²) in [6.45, 7) is 5.75. The fourth-order valence-corrected chi connectivity index (χ4v) is 3.19. The van der Waals surface area contributed by atoms with Crippen LogP contribution in [-0.2, 0) is 4.79 Å².